The van der Waals surface area contributed by atoms with E-state index < -0.39 is 0 Å². The third-order valence-electron chi connectivity index (χ3n) is 5.54. The Morgan fingerprint density at radius 1 is 1.14 bits per heavy atom. The molecule has 1 saturated heterocycles. The lowest BCUT2D eigenvalue weighted by molar-refractivity contribution is 0.111. The van der Waals surface area contributed by atoms with Crippen molar-refractivity contribution in [1.82, 2.24) is 19.5 Å². The van der Waals surface area contributed by atoms with Crippen LogP contribution in [0.4, 0.5) is 0 Å². The Labute approximate surface area is 174 Å². The van der Waals surface area contributed by atoms with E-state index in [1.54, 1.807) is 18.7 Å². The molecule has 0 saturated carbocycles. The molecule has 0 spiro atoms. The van der Waals surface area contributed by atoms with Crippen LogP contribution in [0.1, 0.15) is 42.6 Å². The van der Waals surface area contributed by atoms with Crippen molar-refractivity contribution in [2.24, 2.45) is 11.8 Å². The molecule has 3 heterocycles. The van der Waals surface area contributed by atoms with Crippen LogP contribution in [-0.2, 0) is 0 Å². The number of aromatic hydroxyl groups is 1. The molecule has 1 aliphatic rings. The number of fused-ring (bicyclic) bond motifs is 1. The molecule has 0 radical (unpaired) electrons. The Kier molecular flexibility index (Phi) is 5.40. The number of piperidine rings is 1. The van der Waals surface area contributed by atoms with Crippen LogP contribution >= 0.6 is 11.3 Å². The van der Waals surface area contributed by atoms with Crippen molar-refractivity contribution in [2.75, 3.05) is 27.3 Å². The zero-order valence-corrected chi connectivity index (χ0v) is 18.4. The summed E-state index contributed by atoms with van der Waals surface area (Å²) in [6.07, 6.45) is 1.22. The first-order valence-corrected chi connectivity index (χ1v) is 10.7. The number of rotatable bonds is 5. The van der Waals surface area contributed by atoms with Crippen LogP contribution in [0.15, 0.2) is 18.2 Å². The molecule has 3 aromatic rings. The van der Waals surface area contributed by atoms with Gasteiger partial charge in [-0.1, -0.05) is 31.3 Å². The average Bonchev–Trinajstić information content (AvgIpc) is 3.18. The third kappa shape index (κ3) is 3.67. The highest BCUT2D eigenvalue weighted by atomic mass is 32.1. The molecule has 29 heavy (non-hydrogen) atoms. The van der Waals surface area contributed by atoms with Gasteiger partial charge in [0.2, 0.25) is 10.8 Å². The Hall–Kier alpha value is -2.32. The van der Waals surface area contributed by atoms with Crippen molar-refractivity contribution < 1.29 is 14.6 Å². The molecule has 7 nitrogen and oxygen atoms in total. The maximum atomic E-state index is 11.0. The molecule has 1 fully saturated rings. The first-order chi connectivity index (χ1) is 13.9. The Morgan fingerprint density at radius 3 is 2.45 bits per heavy atom. The summed E-state index contributed by atoms with van der Waals surface area (Å²) in [6.45, 7) is 8.35. The zero-order valence-electron chi connectivity index (χ0n) is 17.5. The molecule has 1 N–H and O–H groups in total. The molecule has 2 aromatic heterocycles. The van der Waals surface area contributed by atoms with Gasteiger partial charge in [0.25, 0.3) is 0 Å². The fourth-order valence-corrected chi connectivity index (χ4v) is 5.66. The topological polar surface area (TPSA) is 72.1 Å². The molecular weight excluding hydrogens is 388 g/mol. The van der Waals surface area contributed by atoms with E-state index in [2.05, 4.69) is 34.9 Å². The quantitative estimate of drug-likeness (QED) is 0.680. The molecule has 3 atom stereocenters. The molecule has 0 unspecified atom stereocenters. The molecule has 0 aliphatic carbocycles. The summed E-state index contributed by atoms with van der Waals surface area (Å²) < 4.78 is 12.5. The standard InChI is InChI=1S/C21H28N4O3S/c1-12-8-13(2)11-24(10-12)18(15-6-7-16(27-4)17(9-15)28-5)19-20(26)25-21(29-19)22-14(3)23-25/h6-7,9,12-13,18,26H,8,10-11H2,1-5H3/t12-,13+,18-/m0/s1. The first-order valence-electron chi connectivity index (χ1n) is 9.92. The van der Waals surface area contributed by atoms with Gasteiger partial charge in [-0.15, -0.1) is 5.10 Å². The lowest BCUT2D eigenvalue weighted by atomic mass is 9.89. The predicted molar refractivity (Wildman–Crippen MR) is 113 cm³/mol. The predicted octanol–water partition coefficient (Wildman–Crippen LogP) is 3.89. The first kappa shape index (κ1) is 20.0. The number of hydrogen-bond acceptors (Lipinski definition) is 7. The van der Waals surface area contributed by atoms with E-state index in [-0.39, 0.29) is 11.9 Å². The van der Waals surface area contributed by atoms with Crippen LogP contribution in [0, 0.1) is 18.8 Å². The van der Waals surface area contributed by atoms with Crippen molar-refractivity contribution in [2.45, 2.75) is 33.2 Å². The van der Waals surface area contributed by atoms with E-state index >= 15 is 0 Å². The molecule has 4 rings (SSSR count). The van der Waals surface area contributed by atoms with Crippen LogP contribution < -0.4 is 9.47 Å². The monoisotopic (exact) mass is 416 g/mol. The summed E-state index contributed by atoms with van der Waals surface area (Å²) >= 11 is 1.49. The third-order valence-corrected chi connectivity index (χ3v) is 6.61. The summed E-state index contributed by atoms with van der Waals surface area (Å²) in [7, 11) is 3.28. The van der Waals surface area contributed by atoms with Gasteiger partial charge in [0.15, 0.2) is 11.5 Å². The summed E-state index contributed by atoms with van der Waals surface area (Å²) in [4.78, 5) is 8.47. The number of aryl methyl sites for hydroxylation is 1. The van der Waals surface area contributed by atoms with Crippen LogP contribution in [0.5, 0.6) is 17.4 Å². The van der Waals surface area contributed by atoms with Gasteiger partial charge in [-0.3, -0.25) is 4.90 Å². The minimum Gasteiger partial charge on any atom is -0.493 e. The summed E-state index contributed by atoms with van der Waals surface area (Å²) in [5.41, 5.74) is 1.06. The second kappa shape index (κ2) is 7.84. The van der Waals surface area contributed by atoms with Crippen molar-refractivity contribution in [3.8, 4) is 17.4 Å². The van der Waals surface area contributed by atoms with Gasteiger partial charge in [-0.25, -0.2) is 4.98 Å². The largest absolute Gasteiger partial charge is 0.493 e. The minimum absolute atomic E-state index is 0.103. The van der Waals surface area contributed by atoms with Gasteiger partial charge in [-0.2, -0.15) is 4.52 Å². The summed E-state index contributed by atoms with van der Waals surface area (Å²) in [5, 5.41) is 15.4. The van der Waals surface area contributed by atoms with E-state index in [1.807, 2.05) is 19.1 Å². The van der Waals surface area contributed by atoms with E-state index in [0.717, 1.165) is 23.5 Å². The second-order valence-electron chi connectivity index (χ2n) is 8.06. The highest BCUT2D eigenvalue weighted by Gasteiger charge is 2.34. The number of benzene rings is 1. The van der Waals surface area contributed by atoms with E-state index in [4.69, 9.17) is 9.47 Å². The number of likely N-dealkylation sites (tertiary alicyclic amines) is 1. The number of methoxy groups -OCH3 is 2. The van der Waals surface area contributed by atoms with Gasteiger partial charge < -0.3 is 14.6 Å². The van der Waals surface area contributed by atoms with Gasteiger partial charge in [-0.05, 0) is 42.9 Å². The highest BCUT2D eigenvalue weighted by Crippen LogP contribution is 2.43. The lowest BCUT2D eigenvalue weighted by Crippen LogP contribution is -2.41. The maximum absolute atomic E-state index is 11.0. The molecule has 8 heteroatoms. The molecule has 156 valence electrons. The number of nitrogens with zero attached hydrogens (tertiary/aromatic N) is 4. The molecular formula is C21H28N4O3S. The van der Waals surface area contributed by atoms with Gasteiger partial charge in [0.1, 0.15) is 5.82 Å². The van der Waals surface area contributed by atoms with Crippen molar-refractivity contribution in [3.63, 3.8) is 0 Å². The van der Waals surface area contributed by atoms with E-state index in [1.165, 1.54) is 17.8 Å². The molecule has 1 aliphatic heterocycles. The Balaban J connectivity index is 1.85. The molecule has 0 amide bonds. The highest BCUT2D eigenvalue weighted by molar-refractivity contribution is 7.17. The Morgan fingerprint density at radius 2 is 1.83 bits per heavy atom. The number of thiazole rings is 1. The van der Waals surface area contributed by atoms with Crippen molar-refractivity contribution in [1.29, 1.82) is 0 Å². The number of aromatic nitrogens is 3. The van der Waals surface area contributed by atoms with E-state index in [9.17, 15) is 5.11 Å². The normalized spacial score (nSPS) is 21.4. The van der Waals surface area contributed by atoms with Crippen LogP contribution in [0.2, 0.25) is 0 Å². The second-order valence-corrected chi connectivity index (χ2v) is 9.07. The number of ether oxygens (including phenoxy) is 2. The summed E-state index contributed by atoms with van der Waals surface area (Å²) in [6, 6.07) is 5.88. The van der Waals surface area contributed by atoms with Gasteiger partial charge >= 0.3 is 0 Å². The maximum Gasteiger partial charge on any atom is 0.230 e. The van der Waals surface area contributed by atoms with Crippen molar-refractivity contribution >= 4 is 16.3 Å². The van der Waals surface area contributed by atoms with Crippen LogP contribution in [-0.4, -0.2) is 51.9 Å². The fourth-order valence-electron chi connectivity index (χ4n) is 4.50. The fraction of sp³-hybridized carbons (Fsp3) is 0.524. The molecule has 0 bridgehead atoms. The molecule has 1 aromatic carbocycles. The van der Waals surface area contributed by atoms with Crippen molar-refractivity contribution in [3.05, 3.63) is 34.5 Å². The SMILES string of the molecule is COc1ccc([C@@H](c2sc3nc(C)nn3c2O)N2C[C@H](C)C[C@H](C)C2)cc1OC. The smallest absolute Gasteiger partial charge is 0.230 e. The summed E-state index contributed by atoms with van der Waals surface area (Å²) in [5.74, 6) is 3.37. The van der Waals surface area contributed by atoms with Gasteiger partial charge in [0, 0.05) is 13.1 Å². The number of hydrogen-bond donors (Lipinski definition) is 1. The Bertz CT molecular complexity index is 1000. The zero-order chi connectivity index (χ0) is 20.7. The lowest BCUT2D eigenvalue weighted by Gasteiger charge is -2.40. The van der Waals surface area contributed by atoms with Gasteiger partial charge in [0.05, 0.1) is 25.1 Å². The van der Waals surface area contributed by atoms with E-state index in [0.29, 0.717) is 34.1 Å². The van der Waals surface area contributed by atoms with Crippen LogP contribution in [0.25, 0.3) is 4.96 Å². The average molecular weight is 417 g/mol. The minimum atomic E-state index is -0.103. The van der Waals surface area contributed by atoms with Crippen LogP contribution in [0.3, 0.4) is 0 Å².